The van der Waals surface area contributed by atoms with Gasteiger partial charge in [-0.15, -0.1) is 0 Å². The van der Waals surface area contributed by atoms with E-state index in [9.17, 15) is 9.90 Å². The van der Waals surface area contributed by atoms with E-state index in [4.69, 9.17) is 4.74 Å². The Kier molecular flexibility index (Phi) is 5.05. The van der Waals surface area contributed by atoms with Crippen molar-refractivity contribution in [2.75, 3.05) is 26.2 Å². The van der Waals surface area contributed by atoms with Gasteiger partial charge in [-0.05, 0) is 39.2 Å². The van der Waals surface area contributed by atoms with Crippen molar-refractivity contribution < 1.29 is 14.6 Å². The Morgan fingerprint density at radius 3 is 3.00 bits per heavy atom. The van der Waals surface area contributed by atoms with Gasteiger partial charge >= 0.3 is 5.97 Å². The summed E-state index contributed by atoms with van der Waals surface area (Å²) in [4.78, 5) is 13.3. The van der Waals surface area contributed by atoms with E-state index >= 15 is 0 Å². The summed E-state index contributed by atoms with van der Waals surface area (Å²) < 4.78 is 4.90. The Balaban J connectivity index is 2.33. The van der Waals surface area contributed by atoms with Crippen LogP contribution in [0.1, 0.15) is 26.7 Å². The standard InChI is InChI=1S/C11H21NO3/c1-3-15-11(14)8-12-6-4-5-10(7-12)9(2)13/h9-10,13H,3-8H2,1-2H3. The molecule has 1 aliphatic rings. The Hall–Kier alpha value is -0.610. The Morgan fingerprint density at radius 1 is 1.67 bits per heavy atom. The second-order valence-corrected chi connectivity index (χ2v) is 4.18. The van der Waals surface area contributed by atoms with Gasteiger partial charge in [0, 0.05) is 6.54 Å². The fourth-order valence-electron chi connectivity index (χ4n) is 2.02. The SMILES string of the molecule is CCOC(=O)CN1CCCC(C(C)O)C1. The number of nitrogens with zero attached hydrogens (tertiary/aromatic N) is 1. The smallest absolute Gasteiger partial charge is 0.320 e. The molecule has 1 rings (SSSR count). The topological polar surface area (TPSA) is 49.8 Å². The molecule has 1 heterocycles. The quantitative estimate of drug-likeness (QED) is 0.699. The number of carbonyl (C=O) groups is 1. The van der Waals surface area contributed by atoms with Gasteiger partial charge in [0.2, 0.25) is 0 Å². The number of hydrogen-bond acceptors (Lipinski definition) is 4. The third-order valence-electron chi connectivity index (χ3n) is 2.88. The van der Waals surface area contributed by atoms with E-state index in [1.54, 1.807) is 0 Å². The molecule has 4 nitrogen and oxygen atoms in total. The highest BCUT2D eigenvalue weighted by atomic mass is 16.5. The summed E-state index contributed by atoms with van der Waals surface area (Å²) in [6, 6.07) is 0. The summed E-state index contributed by atoms with van der Waals surface area (Å²) in [5.41, 5.74) is 0. The molecular formula is C11H21NO3. The number of aliphatic hydroxyl groups is 1. The van der Waals surface area contributed by atoms with Crippen LogP contribution in [0.3, 0.4) is 0 Å². The molecule has 1 N–H and O–H groups in total. The lowest BCUT2D eigenvalue weighted by molar-refractivity contribution is -0.145. The normalized spacial score (nSPS) is 24.9. The molecule has 15 heavy (non-hydrogen) atoms. The highest BCUT2D eigenvalue weighted by Crippen LogP contribution is 2.19. The fraction of sp³-hybridized carbons (Fsp3) is 0.909. The number of rotatable bonds is 4. The zero-order valence-corrected chi connectivity index (χ0v) is 9.61. The highest BCUT2D eigenvalue weighted by Gasteiger charge is 2.24. The van der Waals surface area contributed by atoms with Crippen molar-refractivity contribution in [2.24, 2.45) is 5.92 Å². The van der Waals surface area contributed by atoms with E-state index in [0.29, 0.717) is 19.1 Å². The van der Waals surface area contributed by atoms with Crippen molar-refractivity contribution in [1.82, 2.24) is 4.90 Å². The molecule has 0 aliphatic carbocycles. The third-order valence-corrected chi connectivity index (χ3v) is 2.88. The number of piperidine rings is 1. The van der Waals surface area contributed by atoms with Crippen LogP contribution in [0.5, 0.6) is 0 Å². The number of ether oxygens (including phenoxy) is 1. The zero-order valence-electron chi connectivity index (χ0n) is 9.61. The van der Waals surface area contributed by atoms with Crippen LogP contribution >= 0.6 is 0 Å². The fourth-order valence-corrected chi connectivity index (χ4v) is 2.02. The van der Waals surface area contributed by atoms with Gasteiger partial charge in [-0.25, -0.2) is 0 Å². The summed E-state index contributed by atoms with van der Waals surface area (Å²) in [6.07, 6.45) is 1.82. The van der Waals surface area contributed by atoms with Crippen molar-refractivity contribution in [1.29, 1.82) is 0 Å². The summed E-state index contributed by atoms with van der Waals surface area (Å²) in [5.74, 6) is 0.136. The third kappa shape index (κ3) is 4.18. The van der Waals surface area contributed by atoms with Gasteiger partial charge in [0.05, 0.1) is 19.3 Å². The summed E-state index contributed by atoms with van der Waals surface area (Å²) in [6.45, 7) is 6.16. The lowest BCUT2D eigenvalue weighted by Crippen LogP contribution is -2.42. The predicted molar refractivity (Wildman–Crippen MR) is 57.5 cm³/mol. The number of aliphatic hydroxyl groups excluding tert-OH is 1. The van der Waals surface area contributed by atoms with Crippen molar-refractivity contribution in [3.63, 3.8) is 0 Å². The molecule has 1 fully saturated rings. The molecule has 4 heteroatoms. The van der Waals surface area contributed by atoms with Crippen LogP contribution in [0.4, 0.5) is 0 Å². The van der Waals surface area contributed by atoms with Gasteiger partial charge < -0.3 is 9.84 Å². The molecule has 2 atom stereocenters. The first-order chi connectivity index (χ1) is 7.13. The van der Waals surface area contributed by atoms with Gasteiger partial charge in [-0.3, -0.25) is 9.69 Å². The molecule has 88 valence electrons. The summed E-state index contributed by atoms with van der Waals surface area (Å²) in [5, 5.41) is 9.49. The monoisotopic (exact) mass is 215 g/mol. The number of hydrogen-bond donors (Lipinski definition) is 1. The van der Waals surface area contributed by atoms with Crippen LogP contribution in [-0.4, -0.2) is 48.3 Å². The second kappa shape index (κ2) is 6.08. The van der Waals surface area contributed by atoms with Gasteiger partial charge in [0.1, 0.15) is 0 Å². The van der Waals surface area contributed by atoms with E-state index < -0.39 is 0 Å². The van der Waals surface area contributed by atoms with Crippen molar-refractivity contribution >= 4 is 5.97 Å². The molecule has 0 bridgehead atoms. The molecule has 0 amide bonds. The minimum absolute atomic E-state index is 0.163. The molecule has 0 spiro atoms. The molecule has 0 aromatic rings. The van der Waals surface area contributed by atoms with Crippen molar-refractivity contribution in [2.45, 2.75) is 32.8 Å². The Bertz CT molecular complexity index is 206. The van der Waals surface area contributed by atoms with Crippen LogP contribution in [0.25, 0.3) is 0 Å². The molecule has 1 saturated heterocycles. The maximum atomic E-state index is 11.3. The van der Waals surface area contributed by atoms with Crippen molar-refractivity contribution in [3.05, 3.63) is 0 Å². The van der Waals surface area contributed by atoms with Crippen LogP contribution in [0, 0.1) is 5.92 Å². The minimum Gasteiger partial charge on any atom is -0.465 e. The highest BCUT2D eigenvalue weighted by molar-refractivity contribution is 5.71. The second-order valence-electron chi connectivity index (χ2n) is 4.18. The maximum absolute atomic E-state index is 11.3. The average molecular weight is 215 g/mol. The van der Waals surface area contributed by atoms with Crippen LogP contribution in [0.15, 0.2) is 0 Å². The average Bonchev–Trinajstić information content (AvgIpc) is 2.18. The number of likely N-dealkylation sites (tertiary alicyclic amines) is 1. The number of esters is 1. The number of carbonyl (C=O) groups excluding carboxylic acids is 1. The molecule has 2 unspecified atom stereocenters. The lowest BCUT2D eigenvalue weighted by atomic mass is 9.93. The molecule has 0 radical (unpaired) electrons. The molecule has 1 aliphatic heterocycles. The van der Waals surface area contributed by atoms with Crippen LogP contribution < -0.4 is 0 Å². The lowest BCUT2D eigenvalue weighted by Gasteiger charge is -2.33. The van der Waals surface area contributed by atoms with Gasteiger partial charge in [-0.1, -0.05) is 0 Å². The largest absolute Gasteiger partial charge is 0.465 e. The first-order valence-corrected chi connectivity index (χ1v) is 5.69. The molecule has 0 aromatic heterocycles. The van der Waals surface area contributed by atoms with Gasteiger partial charge in [0.25, 0.3) is 0 Å². The summed E-state index contributed by atoms with van der Waals surface area (Å²) in [7, 11) is 0. The van der Waals surface area contributed by atoms with E-state index in [2.05, 4.69) is 4.90 Å². The Labute approximate surface area is 91.2 Å². The first kappa shape index (κ1) is 12.5. The van der Waals surface area contributed by atoms with Gasteiger partial charge in [-0.2, -0.15) is 0 Å². The zero-order chi connectivity index (χ0) is 11.3. The predicted octanol–water partition coefficient (Wildman–Crippen LogP) is 0.642. The maximum Gasteiger partial charge on any atom is 0.320 e. The van der Waals surface area contributed by atoms with Crippen LogP contribution in [-0.2, 0) is 9.53 Å². The van der Waals surface area contributed by atoms with E-state index in [0.717, 1.165) is 25.9 Å². The van der Waals surface area contributed by atoms with E-state index in [-0.39, 0.29) is 12.1 Å². The van der Waals surface area contributed by atoms with E-state index in [1.807, 2.05) is 13.8 Å². The van der Waals surface area contributed by atoms with E-state index in [1.165, 1.54) is 0 Å². The molecule has 0 aromatic carbocycles. The van der Waals surface area contributed by atoms with Crippen molar-refractivity contribution in [3.8, 4) is 0 Å². The molecular weight excluding hydrogens is 194 g/mol. The van der Waals surface area contributed by atoms with Gasteiger partial charge in [0.15, 0.2) is 0 Å². The first-order valence-electron chi connectivity index (χ1n) is 5.69. The summed E-state index contributed by atoms with van der Waals surface area (Å²) >= 11 is 0. The van der Waals surface area contributed by atoms with Crippen LogP contribution in [0.2, 0.25) is 0 Å². The molecule has 0 saturated carbocycles. The minimum atomic E-state index is -0.282. The Morgan fingerprint density at radius 2 is 2.40 bits per heavy atom.